The van der Waals surface area contributed by atoms with E-state index in [2.05, 4.69) is 10.3 Å². The number of aromatic nitrogens is 1. The van der Waals surface area contributed by atoms with Crippen LogP contribution in [0.3, 0.4) is 0 Å². The van der Waals surface area contributed by atoms with E-state index < -0.39 is 22.5 Å². The molecule has 1 amide bonds. The Balaban J connectivity index is 2.17. The van der Waals surface area contributed by atoms with Crippen LogP contribution in [0.15, 0.2) is 28.9 Å². The first-order valence-electron chi connectivity index (χ1n) is 6.96. The van der Waals surface area contributed by atoms with Crippen molar-refractivity contribution in [2.45, 2.75) is 13.3 Å². The van der Waals surface area contributed by atoms with Crippen molar-refractivity contribution in [1.29, 1.82) is 0 Å². The summed E-state index contributed by atoms with van der Waals surface area (Å²) in [5.74, 6) is -0.983. The van der Waals surface area contributed by atoms with E-state index in [1.807, 2.05) is 0 Å². The lowest BCUT2D eigenvalue weighted by molar-refractivity contribution is 0.0975. The van der Waals surface area contributed by atoms with Gasteiger partial charge < -0.3 is 9.73 Å². The Labute approximate surface area is 143 Å². The van der Waals surface area contributed by atoms with Gasteiger partial charge in [-0.15, -0.1) is 0 Å². The highest BCUT2D eigenvalue weighted by Crippen LogP contribution is 2.26. The van der Waals surface area contributed by atoms with Crippen LogP contribution in [0.2, 0.25) is 0 Å². The summed E-state index contributed by atoms with van der Waals surface area (Å²) in [7, 11) is -1.46. The van der Waals surface area contributed by atoms with Gasteiger partial charge in [0.25, 0.3) is 18.3 Å². The summed E-state index contributed by atoms with van der Waals surface area (Å²) in [4.78, 5) is 15.7. The molecule has 0 atom stereocenters. The highest BCUT2D eigenvalue weighted by atomic mass is 32.2. The van der Waals surface area contributed by atoms with Gasteiger partial charge in [-0.2, -0.15) is 17.7 Å². The first-order chi connectivity index (χ1) is 11.6. The number of hydrogen-bond acceptors (Lipinski definition) is 6. The third kappa shape index (κ3) is 4.51. The summed E-state index contributed by atoms with van der Waals surface area (Å²) in [5.41, 5.74) is 0.515. The van der Waals surface area contributed by atoms with Crippen LogP contribution in [-0.4, -0.2) is 37.7 Å². The van der Waals surface area contributed by atoms with Crippen molar-refractivity contribution >= 4 is 27.8 Å². The number of carbonyl (C=O) groups excluding carboxylic acids is 1. The molecule has 2 rings (SSSR count). The molecule has 0 fully saturated rings. The zero-order valence-corrected chi connectivity index (χ0v) is 14.4. The lowest BCUT2D eigenvalue weighted by Crippen LogP contribution is -2.39. The number of alkyl halides is 2. The van der Waals surface area contributed by atoms with Crippen molar-refractivity contribution in [3.8, 4) is 0 Å². The number of oxazole rings is 1. The third-order valence-corrected chi connectivity index (χ3v) is 4.60. The second kappa shape index (κ2) is 7.15. The molecule has 0 aliphatic rings. The average molecular weight is 374 g/mol. The molecule has 0 bridgehead atoms. The van der Waals surface area contributed by atoms with Crippen molar-refractivity contribution in [3.63, 3.8) is 0 Å². The van der Waals surface area contributed by atoms with Gasteiger partial charge in [0, 0.05) is 25.3 Å². The molecule has 0 aliphatic heterocycles. The van der Waals surface area contributed by atoms with Crippen molar-refractivity contribution in [2.75, 3.05) is 19.4 Å². The molecule has 0 saturated carbocycles. The number of nitrogens with zero attached hydrogens (tertiary/aromatic N) is 2. The molecule has 2 N–H and O–H groups in total. The summed E-state index contributed by atoms with van der Waals surface area (Å²) in [6.45, 7) is 1.69. The summed E-state index contributed by atoms with van der Waals surface area (Å²) in [6, 6.07) is 3.90. The Bertz CT molecular complexity index is 881. The third-order valence-electron chi connectivity index (χ3n) is 3.19. The highest BCUT2D eigenvalue weighted by Gasteiger charge is 2.21. The molecule has 0 aliphatic carbocycles. The molecule has 2 aromatic rings. The van der Waals surface area contributed by atoms with Gasteiger partial charge in [-0.3, -0.25) is 4.79 Å². The second-order valence-corrected chi connectivity index (χ2v) is 7.14. The van der Waals surface area contributed by atoms with Gasteiger partial charge in [-0.25, -0.2) is 13.5 Å². The summed E-state index contributed by atoms with van der Waals surface area (Å²) in [6.07, 6.45) is -1.68. The second-order valence-electron chi connectivity index (χ2n) is 5.26. The van der Waals surface area contributed by atoms with E-state index in [9.17, 15) is 22.0 Å². The summed E-state index contributed by atoms with van der Waals surface area (Å²) in [5, 5.41) is 2.68. The fraction of sp³-hybridized carbons (Fsp3) is 0.286. The van der Waals surface area contributed by atoms with Crippen LogP contribution in [0, 0.1) is 6.92 Å². The van der Waals surface area contributed by atoms with Gasteiger partial charge in [-0.05, 0) is 18.6 Å². The van der Waals surface area contributed by atoms with E-state index in [4.69, 9.17) is 4.42 Å². The molecule has 0 radical (unpaired) electrons. The van der Waals surface area contributed by atoms with Gasteiger partial charge in [0.2, 0.25) is 0 Å². The summed E-state index contributed by atoms with van der Waals surface area (Å²) >= 11 is 0. The Hall–Kier alpha value is -2.53. The molecule has 136 valence electrons. The fourth-order valence-corrected chi connectivity index (χ4v) is 2.24. The Morgan fingerprint density at radius 3 is 2.60 bits per heavy atom. The van der Waals surface area contributed by atoms with Crippen LogP contribution >= 0.6 is 0 Å². The first-order valence-corrected chi connectivity index (χ1v) is 8.40. The first kappa shape index (κ1) is 18.8. The number of nitrogens with one attached hydrogen (secondary N) is 2. The van der Waals surface area contributed by atoms with E-state index in [1.165, 1.54) is 32.3 Å². The molecule has 0 spiro atoms. The highest BCUT2D eigenvalue weighted by molar-refractivity contribution is 7.87. The summed E-state index contributed by atoms with van der Waals surface area (Å²) < 4.78 is 56.4. The monoisotopic (exact) mass is 374 g/mol. The van der Waals surface area contributed by atoms with Gasteiger partial charge in [0.15, 0.2) is 5.69 Å². The molecule has 0 saturated heterocycles. The normalized spacial score (nSPS) is 11.8. The number of anilines is 2. The average Bonchev–Trinajstić information content (AvgIpc) is 2.97. The number of benzene rings is 1. The van der Waals surface area contributed by atoms with Crippen molar-refractivity contribution in [1.82, 2.24) is 14.0 Å². The predicted octanol–water partition coefficient (Wildman–Crippen LogP) is 2.20. The molecular weight excluding hydrogens is 358 g/mol. The predicted molar refractivity (Wildman–Crippen MR) is 86.0 cm³/mol. The van der Waals surface area contributed by atoms with Crippen LogP contribution in [0.4, 0.5) is 20.5 Å². The Morgan fingerprint density at radius 1 is 1.32 bits per heavy atom. The standard InChI is InChI=1S/C14H16F2N4O4S/c1-8-4-5-9(12(15)16)6-10(8)17-14-18-11(7-24-14)13(21)19-25(22,23)20(2)3/h4-7,12H,1-3H3,(H,17,18)(H,19,21). The van der Waals surface area contributed by atoms with Crippen molar-refractivity contribution in [3.05, 3.63) is 41.3 Å². The minimum Gasteiger partial charge on any atom is -0.431 e. The molecule has 25 heavy (non-hydrogen) atoms. The smallest absolute Gasteiger partial charge is 0.303 e. The van der Waals surface area contributed by atoms with Crippen molar-refractivity contribution in [2.24, 2.45) is 0 Å². The SMILES string of the molecule is Cc1ccc(C(F)F)cc1Nc1nc(C(=O)NS(=O)(=O)N(C)C)co1. The van der Waals surface area contributed by atoms with Crippen LogP contribution in [0.1, 0.15) is 28.0 Å². The van der Waals surface area contributed by atoms with E-state index in [1.54, 1.807) is 11.6 Å². The molecule has 1 aromatic carbocycles. The zero-order valence-electron chi connectivity index (χ0n) is 13.6. The number of halogens is 2. The number of carbonyl (C=O) groups is 1. The molecule has 8 nitrogen and oxygen atoms in total. The van der Waals surface area contributed by atoms with E-state index in [0.29, 0.717) is 11.3 Å². The van der Waals surface area contributed by atoms with Gasteiger partial charge in [0.1, 0.15) is 6.26 Å². The lowest BCUT2D eigenvalue weighted by Gasteiger charge is -2.10. The topological polar surface area (TPSA) is 105 Å². The van der Waals surface area contributed by atoms with Crippen LogP contribution in [-0.2, 0) is 10.2 Å². The number of aryl methyl sites for hydroxylation is 1. The van der Waals surface area contributed by atoms with Gasteiger partial charge in [-0.1, -0.05) is 12.1 Å². The Morgan fingerprint density at radius 2 is 2.00 bits per heavy atom. The van der Waals surface area contributed by atoms with Crippen molar-refractivity contribution < 1.29 is 26.4 Å². The fourth-order valence-electron chi connectivity index (χ4n) is 1.72. The van der Waals surface area contributed by atoms with E-state index >= 15 is 0 Å². The molecular formula is C14H16F2N4O4S. The maximum atomic E-state index is 12.8. The van der Waals surface area contributed by atoms with Gasteiger partial charge >= 0.3 is 10.2 Å². The molecule has 1 aromatic heterocycles. The minimum absolute atomic E-state index is 0.137. The van der Waals surface area contributed by atoms with Crippen LogP contribution in [0.25, 0.3) is 0 Å². The van der Waals surface area contributed by atoms with Crippen LogP contribution < -0.4 is 10.0 Å². The van der Waals surface area contributed by atoms with Gasteiger partial charge in [0.05, 0.1) is 0 Å². The maximum absolute atomic E-state index is 12.8. The molecule has 1 heterocycles. The van der Waals surface area contributed by atoms with E-state index in [-0.39, 0.29) is 17.3 Å². The minimum atomic E-state index is -3.97. The van der Waals surface area contributed by atoms with Crippen LogP contribution in [0.5, 0.6) is 0 Å². The maximum Gasteiger partial charge on any atom is 0.303 e. The largest absolute Gasteiger partial charge is 0.431 e. The van der Waals surface area contributed by atoms with E-state index in [0.717, 1.165) is 10.6 Å². The Kier molecular flexibility index (Phi) is 5.38. The number of hydrogen-bond donors (Lipinski definition) is 2. The zero-order chi connectivity index (χ0) is 18.8. The number of rotatable bonds is 6. The lowest BCUT2D eigenvalue weighted by atomic mass is 10.1. The molecule has 11 heteroatoms. The quantitative estimate of drug-likeness (QED) is 0.803. The molecule has 0 unspecified atom stereocenters. The number of amides is 1.